The largest absolute Gasteiger partial charge is 0.398 e. The van der Waals surface area contributed by atoms with Crippen molar-refractivity contribution in [2.24, 2.45) is 0 Å². The summed E-state index contributed by atoms with van der Waals surface area (Å²) in [5, 5.41) is 0.00970. The molecular formula is C16H8Cl2F3NO2S. The van der Waals surface area contributed by atoms with Crippen LogP contribution in [0.2, 0.25) is 10.0 Å². The normalized spacial score (nSPS) is 14.2. The lowest BCUT2D eigenvalue weighted by Gasteiger charge is -2.18. The third-order valence-electron chi connectivity index (χ3n) is 3.43. The summed E-state index contributed by atoms with van der Waals surface area (Å²) in [6.07, 6.45) is -4.39. The first kappa shape index (κ1) is 18.1. The van der Waals surface area contributed by atoms with E-state index in [2.05, 4.69) is 0 Å². The summed E-state index contributed by atoms with van der Waals surface area (Å²) >= 11 is 12.5. The van der Waals surface area contributed by atoms with E-state index in [0.717, 1.165) is 4.90 Å². The zero-order valence-corrected chi connectivity index (χ0v) is 14.6. The number of thioether (sulfide) groups is 1. The van der Waals surface area contributed by atoms with E-state index in [1.165, 1.54) is 24.3 Å². The topological polar surface area (TPSA) is 37.4 Å². The van der Waals surface area contributed by atoms with Gasteiger partial charge >= 0.3 is 6.18 Å². The Balaban J connectivity index is 2.01. The molecule has 0 aromatic heterocycles. The molecule has 1 aliphatic rings. The van der Waals surface area contributed by atoms with Gasteiger partial charge in [0.25, 0.3) is 11.8 Å². The summed E-state index contributed by atoms with van der Waals surface area (Å²) in [6.45, 7) is 0. The number of carbonyl (C=O) groups is 2. The molecule has 0 saturated heterocycles. The minimum atomic E-state index is -4.39. The van der Waals surface area contributed by atoms with Crippen molar-refractivity contribution in [3.63, 3.8) is 0 Å². The third-order valence-corrected chi connectivity index (χ3v) is 5.28. The Hall–Kier alpha value is -1.70. The van der Waals surface area contributed by atoms with Gasteiger partial charge in [0.2, 0.25) is 0 Å². The highest BCUT2D eigenvalue weighted by Crippen LogP contribution is 2.41. The lowest BCUT2D eigenvalue weighted by atomic mass is 10.1. The van der Waals surface area contributed by atoms with Crippen LogP contribution in [0.25, 0.3) is 0 Å². The van der Waals surface area contributed by atoms with E-state index >= 15 is 0 Å². The van der Waals surface area contributed by atoms with Gasteiger partial charge in [-0.05, 0) is 24.3 Å². The van der Waals surface area contributed by atoms with Gasteiger partial charge in [0, 0.05) is 4.90 Å². The molecule has 130 valence electrons. The molecule has 0 spiro atoms. The van der Waals surface area contributed by atoms with Crippen molar-refractivity contribution >= 4 is 52.5 Å². The number of alkyl halides is 3. The molecule has 0 N–H and O–H groups in total. The van der Waals surface area contributed by atoms with Crippen molar-refractivity contribution in [1.82, 2.24) is 0 Å². The Morgan fingerprint density at radius 2 is 1.52 bits per heavy atom. The Labute approximate surface area is 154 Å². The Morgan fingerprint density at radius 3 is 2.04 bits per heavy atom. The van der Waals surface area contributed by atoms with Gasteiger partial charge in [0.1, 0.15) is 0 Å². The average Bonchev–Trinajstić information content (AvgIpc) is 2.78. The SMILES string of the molecule is O=C1c2ccccc2C(=O)N1c1cc(SCC(F)(F)F)c(Cl)cc1Cl. The lowest BCUT2D eigenvalue weighted by molar-refractivity contribution is -0.105. The molecule has 0 saturated carbocycles. The maximum atomic E-state index is 12.5. The molecule has 2 aromatic rings. The van der Waals surface area contributed by atoms with Crippen molar-refractivity contribution in [1.29, 1.82) is 0 Å². The fraction of sp³-hybridized carbons (Fsp3) is 0.125. The quantitative estimate of drug-likeness (QED) is 0.503. The number of nitrogens with zero attached hydrogens (tertiary/aromatic N) is 1. The summed E-state index contributed by atoms with van der Waals surface area (Å²) in [6, 6.07) is 8.67. The molecule has 2 amide bonds. The molecule has 0 bridgehead atoms. The molecule has 0 fully saturated rings. The number of fused-ring (bicyclic) bond motifs is 1. The second kappa shape index (κ2) is 6.55. The minimum absolute atomic E-state index is 0.00180. The van der Waals surface area contributed by atoms with Gasteiger partial charge in [0.05, 0.1) is 32.6 Å². The highest BCUT2D eigenvalue weighted by Gasteiger charge is 2.38. The number of anilines is 1. The highest BCUT2D eigenvalue weighted by atomic mass is 35.5. The van der Waals surface area contributed by atoms with E-state index in [0.29, 0.717) is 11.8 Å². The second-order valence-corrected chi connectivity index (χ2v) is 6.96. The third kappa shape index (κ3) is 3.49. The molecule has 3 nitrogen and oxygen atoms in total. The molecule has 2 aromatic carbocycles. The maximum absolute atomic E-state index is 12.5. The predicted molar refractivity (Wildman–Crippen MR) is 90.8 cm³/mol. The van der Waals surface area contributed by atoms with E-state index in [4.69, 9.17) is 23.2 Å². The van der Waals surface area contributed by atoms with Gasteiger partial charge in [-0.15, -0.1) is 11.8 Å². The van der Waals surface area contributed by atoms with Crippen LogP contribution in [0, 0.1) is 0 Å². The summed E-state index contributed by atoms with van der Waals surface area (Å²) < 4.78 is 37.3. The van der Waals surface area contributed by atoms with Crippen molar-refractivity contribution in [2.45, 2.75) is 11.1 Å². The molecule has 1 heterocycles. The lowest BCUT2D eigenvalue weighted by Crippen LogP contribution is -2.29. The average molecular weight is 406 g/mol. The van der Waals surface area contributed by atoms with Crippen molar-refractivity contribution < 1.29 is 22.8 Å². The van der Waals surface area contributed by atoms with E-state index in [1.807, 2.05) is 0 Å². The van der Waals surface area contributed by atoms with Gasteiger partial charge in [0.15, 0.2) is 0 Å². The number of rotatable bonds is 3. The first-order valence-corrected chi connectivity index (χ1v) is 8.59. The van der Waals surface area contributed by atoms with E-state index < -0.39 is 23.7 Å². The number of amides is 2. The van der Waals surface area contributed by atoms with Crippen LogP contribution in [0.15, 0.2) is 41.3 Å². The molecule has 1 aliphatic heterocycles. The van der Waals surface area contributed by atoms with Crippen LogP contribution in [0.1, 0.15) is 20.7 Å². The maximum Gasteiger partial charge on any atom is 0.398 e. The van der Waals surface area contributed by atoms with Gasteiger partial charge in [-0.3, -0.25) is 9.59 Å². The van der Waals surface area contributed by atoms with Crippen LogP contribution in [0.4, 0.5) is 18.9 Å². The van der Waals surface area contributed by atoms with E-state index in [-0.39, 0.29) is 31.8 Å². The minimum Gasteiger partial charge on any atom is -0.268 e. The fourth-order valence-electron chi connectivity index (χ4n) is 2.37. The van der Waals surface area contributed by atoms with Crippen molar-refractivity contribution in [3.8, 4) is 0 Å². The Kier molecular flexibility index (Phi) is 4.74. The second-order valence-electron chi connectivity index (χ2n) is 5.13. The molecule has 0 radical (unpaired) electrons. The van der Waals surface area contributed by atoms with Crippen molar-refractivity contribution in [3.05, 3.63) is 57.6 Å². The summed E-state index contributed by atoms with van der Waals surface area (Å²) in [5.74, 6) is -2.33. The molecule has 9 heteroatoms. The van der Waals surface area contributed by atoms with E-state index in [1.54, 1.807) is 12.1 Å². The molecule has 0 atom stereocenters. The molecule has 3 rings (SSSR count). The van der Waals surface area contributed by atoms with E-state index in [9.17, 15) is 22.8 Å². The Morgan fingerprint density at radius 1 is 0.960 bits per heavy atom. The first-order chi connectivity index (χ1) is 11.7. The number of halogens is 5. The Bertz CT molecular complexity index is 851. The number of hydrogen-bond acceptors (Lipinski definition) is 3. The zero-order chi connectivity index (χ0) is 18.4. The zero-order valence-electron chi connectivity index (χ0n) is 12.2. The van der Waals surface area contributed by atoms with Crippen LogP contribution in [0.5, 0.6) is 0 Å². The summed E-state index contributed by atoms with van der Waals surface area (Å²) in [7, 11) is 0. The van der Waals surface area contributed by atoms with Crippen LogP contribution in [-0.4, -0.2) is 23.7 Å². The van der Waals surface area contributed by atoms with Crippen molar-refractivity contribution in [2.75, 3.05) is 10.7 Å². The molecule has 0 unspecified atom stereocenters. The monoisotopic (exact) mass is 405 g/mol. The van der Waals surface area contributed by atoms with Crippen LogP contribution in [0.3, 0.4) is 0 Å². The molecule has 0 aliphatic carbocycles. The predicted octanol–water partition coefficient (Wildman–Crippen LogP) is 5.45. The molecular weight excluding hydrogens is 398 g/mol. The number of benzene rings is 2. The fourth-order valence-corrected chi connectivity index (χ4v) is 3.71. The van der Waals surface area contributed by atoms with Crippen LogP contribution >= 0.6 is 35.0 Å². The van der Waals surface area contributed by atoms with Gasteiger partial charge < -0.3 is 0 Å². The first-order valence-electron chi connectivity index (χ1n) is 6.85. The van der Waals surface area contributed by atoms with Gasteiger partial charge in [-0.25, -0.2) is 4.90 Å². The summed E-state index contributed by atoms with van der Waals surface area (Å²) in [5.41, 5.74) is 0.424. The number of carbonyl (C=O) groups excluding carboxylic acids is 2. The number of hydrogen-bond donors (Lipinski definition) is 0. The highest BCUT2D eigenvalue weighted by molar-refractivity contribution is 7.99. The number of imide groups is 1. The standard InChI is InChI=1S/C16H8Cl2F3NO2S/c17-10-5-11(18)13(25-7-16(19,20)21)6-12(10)22-14(23)8-3-1-2-4-9(8)15(22)24/h1-6H,7H2. The van der Waals surface area contributed by atoms with Crippen LogP contribution < -0.4 is 4.90 Å². The van der Waals surface area contributed by atoms with Gasteiger partial charge in [-0.1, -0.05) is 35.3 Å². The molecule has 25 heavy (non-hydrogen) atoms. The summed E-state index contributed by atoms with van der Waals surface area (Å²) in [4.78, 5) is 25.9. The smallest absolute Gasteiger partial charge is 0.268 e. The van der Waals surface area contributed by atoms with Crippen LogP contribution in [-0.2, 0) is 0 Å². The van der Waals surface area contributed by atoms with Gasteiger partial charge in [-0.2, -0.15) is 13.2 Å².